The van der Waals surface area contributed by atoms with Crippen LogP contribution in [0.2, 0.25) is 0 Å². The Morgan fingerprint density at radius 2 is 2.47 bits per heavy atom. The normalized spacial score (nSPS) is 11.7. The second kappa shape index (κ2) is 6.81. The van der Waals surface area contributed by atoms with E-state index in [0.29, 0.717) is 6.54 Å². The van der Waals surface area contributed by atoms with Gasteiger partial charge in [-0.1, -0.05) is 0 Å². The molecule has 1 rings (SSSR count). The van der Waals surface area contributed by atoms with E-state index in [1.165, 1.54) is 0 Å². The smallest absolute Gasteiger partial charge is 0.241 e. The minimum atomic E-state index is -0.0847. The lowest BCUT2D eigenvalue weighted by molar-refractivity contribution is -0.122. The zero-order valence-electron chi connectivity index (χ0n) is 8.31. The van der Waals surface area contributed by atoms with Gasteiger partial charge in [-0.05, 0) is 22.9 Å². The molecular weight excluding hydrogens is 283 g/mol. The van der Waals surface area contributed by atoms with Crippen molar-refractivity contribution >= 4 is 34.2 Å². The SMILES string of the molecule is C[C@@H](CN)NC(=O)Cn1cc(Br)cn1.Cl. The number of nitrogens with two attached hydrogens (primary N) is 1. The van der Waals surface area contributed by atoms with E-state index >= 15 is 0 Å². The summed E-state index contributed by atoms with van der Waals surface area (Å²) in [6.45, 7) is 2.52. The first-order valence-electron chi connectivity index (χ1n) is 4.29. The van der Waals surface area contributed by atoms with Gasteiger partial charge >= 0.3 is 0 Å². The van der Waals surface area contributed by atoms with Crippen LogP contribution in [0.1, 0.15) is 6.92 Å². The highest BCUT2D eigenvalue weighted by Gasteiger charge is 2.06. The van der Waals surface area contributed by atoms with Crippen LogP contribution in [0.3, 0.4) is 0 Å². The molecule has 0 radical (unpaired) electrons. The van der Waals surface area contributed by atoms with E-state index < -0.39 is 0 Å². The maximum absolute atomic E-state index is 11.3. The number of halogens is 2. The Kier molecular flexibility index (Phi) is 6.55. The first-order valence-corrected chi connectivity index (χ1v) is 5.08. The number of hydrogen-bond donors (Lipinski definition) is 2. The third-order valence-electron chi connectivity index (χ3n) is 1.67. The Bertz CT molecular complexity index is 317. The van der Waals surface area contributed by atoms with Gasteiger partial charge in [-0.3, -0.25) is 9.48 Å². The summed E-state index contributed by atoms with van der Waals surface area (Å²) in [5.74, 6) is -0.0847. The highest BCUT2D eigenvalue weighted by Crippen LogP contribution is 2.05. The third kappa shape index (κ3) is 5.15. The number of nitrogens with one attached hydrogen (secondary N) is 1. The van der Waals surface area contributed by atoms with Gasteiger partial charge in [0.25, 0.3) is 0 Å². The zero-order valence-corrected chi connectivity index (χ0v) is 10.7. The Morgan fingerprint density at radius 1 is 1.80 bits per heavy atom. The van der Waals surface area contributed by atoms with E-state index in [4.69, 9.17) is 5.73 Å². The third-order valence-corrected chi connectivity index (χ3v) is 2.08. The molecule has 0 spiro atoms. The molecule has 1 heterocycles. The van der Waals surface area contributed by atoms with Gasteiger partial charge in [0.15, 0.2) is 0 Å². The van der Waals surface area contributed by atoms with E-state index in [9.17, 15) is 4.79 Å². The predicted octanol–water partition coefficient (Wildman–Crippen LogP) is 0.531. The van der Waals surface area contributed by atoms with Crippen LogP contribution in [0.15, 0.2) is 16.9 Å². The summed E-state index contributed by atoms with van der Waals surface area (Å²) in [5, 5.41) is 6.71. The van der Waals surface area contributed by atoms with E-state index in [0.717, 1.165) is 4.47 Å². The minimum Gasteiger partial charge on any atom is -0.351 e. The maximum Gasteiger partial charge on any atom is 0.241 e. The Labute approximate surface area is 103 Å². The highest BCUT2D eigenvalue weighted by atomic mass is 79.9. The van der Waals surface area contributed by atoms with Crippen LogP contribution in [-0.4, -0.2) is 28.3 Å². The van der Waals surface area contributed by atoms with Crippen molar-refractivity contribution in [2.24, 2.45) is 5.73 Å². The van der Waals surface area contributed by atoms with Gasteiger partial charge in [0.2, 0.25) is 5.91 Å². The van der Waals surface area contributed by atoms with Crippen molar-refractivity contribution in [2.45, 2.75) is 19.5 Å². The molecule has 0 saturated carbocycles. The first-order chi connectivity index (χ1) is 6.61. The molecule has 0 aliphatic rings. The van der Waals surface area contributed by atoms with Crippen LogP contribution >= 0.6 is 28.3 Å². The van der Waals surface area contributed by atoms with E-state index in [1.807, 2.05) is 6.92 Å². The fourth-order valence-electron chi connectivity index (χ4n) is 0.951. The molecule has 0 bridgehead atoms. The fourth-order valence-corrected chi connectivity index (χ4v) is 1.28. The average molecular weight is 298 g/mol. The molecule has 86 valence electrons. The van der Waals surface area contributed by atoms with Gasteiger partial charge in [-0.15, -0.1) is 12.4 Å². The summed E-state index contributed by atoms with van der Waals surface area (Å²) in [6.07, 6.45) is 3.38. The maximum atomic E-state index is 11.3. The van der Waals surface area contributed by atoms with Crippen molar-refractivity contribution in [3.05, 3.63) is 16.9 Å². The molecule has 0 aliphatic heterocycles. The monoisotopic (exact) mass is 296 g/mol. The Morgan fingerprint density at radius 3 is 2.93 bits per heavy atom. The number of rotatable bonds is 4. The lowest BCUT2D eigenvalue weighted by Gasteiger charge is -2.10. The molecule has 0 saturated heterocycles. The first kappa shape index (κ1) is 14.4. The van der Waals surface area contributed by atoms with Crippen molar-refractivity contribution in [3.8, 4) is 0 Å². The van der Waals surface area contributed by atoms with Crippen LogP contribution < -0.4 is 11.1 Å². The lowest BCUT2D eigenvalue weighted by Crippen LogP contribution is -2.39. The van der Waals surface area contributed by atoms with E-state index in [2.05, 4.69) is 26.3 Å². The molecule has 0 unspecified atom stereocenters. The number of amides is 1. The summed E-state index contributed by atoms with van der Waals surface area (Å²) >= 11 is 3.25. The van der Waals surface area contributed by atoms with Crippen molar-refractivity contribution in [1.29, 1.82) is 0 Å². The summed E-state index contributed by atoms with van der Waals surface area (Å²) in [5.41, 5.74) is 5.37. The second-order valence-corrected chi connectivity index (χ2v) is 3.98. The van der Waals surface area contributed by atoms with Crippen molar-refractivity contribution in [1.82, 2.24) is 15.1 Å². The fraction of sp³-hybridized carbons (Fsp3) is 0.500. The molecule has 1 aromatic heterocycles. The number of nitrogens with zero attached hydrogens (tertiary/aromatic N) is 2. The summed E-state index contributed by atoms with van der Waals surface area (Å²) in [6, 6.07) is 0.00139. The minimum absolute atomic E-state index is 0. The Hall–Kier alpha value is -0.590. The van der Waals surface area contributed by atoms with Crippen LogP contribution in [-0.2, 0) is 11.3 Å². The van der Waals surface area contributed by atoms with E-state index in [-0.39, 0.29) is 30.9 Å². The lowest BCUT2D eigenvalue weighted by atomic mass is 10.3. The molecule has 0 aromatic carbocycles. The van der Waals surface area contributed by atoms with Gasteiger partial charge in [0, 0.05) is 18.8 Å². The predicted molar refractivity (Wildman–Crippen MR) is 63.8 cm³/mol. The van der Waals surface area contributed by atoms with Crippen LogP contribution in [0.5, 0.6) is 0 Å². The molecular formula is C8H14BrClN4O. The Balaban J connectivity index is 0.00000196. The molecule has 15 heavy (non-hydrogen) atoms. The summed E-state index contributed by atoms with van der Waals surface area (Å²) < 4.78 is 2.42. The molecule has 1 amide bonds. The van der Waals surface area contributed by atoms with Gasteiger partial charge in [-0.25, -0.2) is 0 Å². The second-order valence-electron chi connectivity index (χ2n) is 3.06. The molecule has 7 heteroatoms. The molecule has 1 aromatic rings. The highest BCUT2D eigenvalue weighted by molar-refractivity contribution is 9.10. The van der Waals surface area contributed by atoms with Gasteiger partial charge in [-0.2, -0.15) is 5.10 Å². The summed E-state index contributed by atoms with van der Waals surface area (Å²) in [7, 11) is 0. The van der Waals surface area contributed by atoms with Crippen LogP contribution in [0, 0.1) is 0 Å². The number of hydrogen-bond acceptors (Lipinski definition) is 3. The molecule has 5 nitrogen and oxygen atoms in total. The van der Waals surface area contributed by atoms with Gasteiger partial charge in [0.1, 0.15) is 6.54 Å². The van der Waals surface area contributed by atoms with Crippen LogP contribution in [0.25, 0.3) is 0 Å². The van der Waals surface area contributed by atoms with Crippen molar-refractivity contribution < 1.29 is 4.79 Å². The standard InChI is InChI=1S/C8H13BrN4O.ClH/c1-6(2-10)12-8(14)5-13-4-7(9)3-11-13;/h3-4,6H,2,5,10H2,1H3,(H,12,14);1H/t6-;/m0./s1. The average Bonchev–Trinajstić information content (AvgIpc) is 2.50. The molecule has 1 atom stereocenters. The van der Waals surface area contributed by atoms with Gasteiger partial charge in [0.05, 0.1) is 10.7 Å². The quantitative estimate of drug-likeness (QED) is 0.851. The van der Waals surface area contributed by atoms with Crippen LogP contribution in [0.4, 0.5) is 0 Å². The van der Waals surface area contributed by atoms with E-state index in [1.54, 1.807) is 17.1 Å². The summed E-state index contributed by atoms with van der Waals surface area (Å²) in [4.78, 5) is 11.3. The number of aromatic nitrogens is 2. The molecule has 3 N–H and O–H groups in total. The molecule has 0 aliphatic carbocycles. The number of carbonyl (C=O) groups excluding carboxylic acids is 1. The van der Waals surface area contributed by atoms with Crippen molar-refractivity contribution in [2.75, 3.05) is 6.54 Å². The van der Waals surface area contributed by atoms with Crippen molar-refractivity contribution in [3.63, 3.8) is 0 Å². The largest absolute Gasteiger partial charge is 0.351 e. The molecule has 0 fully saturated rings. The van der Waals surface area contributed by atoms with Gasteiger partial charge < -0.3 is 11.1 Å². The number of carbonyl (C=O) groups is 1. The zero-order chi connectivity index (χ0) is 10.6. The topological polar surface area (TPSA) is 72.9 Å².